The third-order valence-corrected chi connectivity index (χ3v) is 3.07. The molecule has 2 rings (SSSR count). The maximum Gasteiger partial charge on any atom is 0.228 e. The van der Waals surface area contributed by atoms with Crippen LogP contribution in [0.25, 0.3) is 0 Å². The van der Waals surface area contributed by atoms with Crippen LogP contribution in [0.4, 0.5) is 5.69 Å². The minimum atomic E-state index is -0.0890. The molecule has 0 aliphatic rings. The molecule has 0 heterocycles. The molecule has 0 aliphatic heterocycles. The maximum atomic E-state index is 11.9. The normalized spacial score (nSPS) is 10.2. The quantitative estimate of drug-likeness (QED) is 0.885. The molecule has 19 heavy (non-hydrogen) atoms. The molecule has 2 aromatic carbocycles. The Hall–Kier alpha value is -2.29. The summed E-state index contributed by atoms with van der Waals surface area (Å²) in [4.78, 5) is 11.9. The summed E-state index contributed by atoms with van der Waals surface area (Å²) in [6, 6.07) is 12.5. The van der Waals surface area contributed by atoms with Gasteiger partial charge < -0.3 is 10.4 Å². The van der Waals surface area contributed by atoms with Crippen LogP contribution in [-0.2, 0) is 11.2 Å². The number of hydrogen-bond donors (Lipinski definition) is 2. The van der Waals surface area contributed by atoms with Gasteiger partial charge in [-0.3, -0.25) is 4.79 Å². The highest BCUT2D eigenvalue weighted by atomic mass is 16.3. The molecule has 0 atom stereocenters. The van der Waals surface area contributed by atoms with Crippen molar-refractivity contribution in [3.05, 3.63) is 59.2 Å². The van der Waals surface area contributed by atoms with Gasteiger partial charge in [0.25, 0.3) is 0 Å². The molecular formula is C16H17NO2. The van der Waals surface area contributed by atoms with E-state index in [1.54, 1.807) is 18.2 Å². The summed E-state index contributed by atoms with van der Waals surface area (Å²) in [6.45, 7) is 4.08. The first-order chi connectivity index (χ1) is 9.04. The molecule has 3 nitrogen and oxygen atoms in total. The number of amides is 1. The number of aryl methyl sites for hydroxylation is 2. The Morgan fingerprint density at radius 1 is 1.11 bits per heavy atom. The van der Waals surface area contributed by atoms with Crippen molar-refractivity contribution in [2.75, 3.05) is 5.32 Å². The van der Waals surface area contributed by atoms with Crippen LogP contribution in [0.5, 0.6) is 5.75 Å². The zero-order valence-electron chi connectivity index (χ0n) is 11.1. The van der Waals surface area contributed by atoms with Crippen LogP contribution < -0.4 is 5.32 Å². The van der Waals surface area contributed by atoms with Gasteiger partial charge in [0.1, 0.15) is 5.75 Å². The first kappa shape index (κ1) is 13.1. The summed E-state index contributed by atoms with van der Waals surface area (Å²) in [5.41, 5.74) is 3.99. The molecule has 2 N–H and O–H groups in total. The minimum absolute atomic E-state index is 0.0890. The van der Waals surface area contributed by atoms with Gasteiger partial charge in [0.05, 0.1) is 6.42 Å². The first-order valence-corrected chi connectivity index (χ1v) is 6.19. The van der Waals surface area contributed by atoms with Crippen LogP contribution in [0.2, 0.25) is 0 Å². The van der Waals surface area contributed by atoms with Gasteiger partial charge in [-0.15, -0.1) is 0 Å². The lowest BCUT2D eigenvalue weighted by molar-refractivity contribution is -0.115. The highest BCUT2D eigenvalue weighted by Gasteiger charge is 2.05. The van der Waals surface area contributed by atoms with Gasteiger partial charge in [-0.2, -0.15) is 0 Å². The Labute approximate surface area is 112 Å². The fourth-order valence-corrected chi connectivity index (χ4v) is 1.89. The van der Waals surface area contributed by atoms with Crippen molar-refractivity contribution in [2.45, 2.75) is 20.3 Å². The van der Waals surface area contributed by atoms with E-state index in [2.05, 4.69) is 5.32 Å². The molecule has 0 saturated heterocycles. The van der Waals surface area contributed by atoms with Crippen LogP contribution in [0.15, 0.2) is 42.5 Å². The van der Waals surface area contributed by atoms with Crippen molar-refractivity contribution < 1.29 is 9.90 Å². The fourth-order valence-electron chi connectivity index (χ4n) is 1.89. The van der Waals surface area contributed by atoms with E-state index in [0.29, 0.717) is 12.1 Å². The summed E-state index contributed by atoms with van der Waals surface area (Å²) < 4.78 is 0. The second kappa shape index (κ2) is 5.57. The molecule has 0 radical (unpaired) electrons. The number of anilines is 1. The zero-order valence-corrected chi connectivity index (χ0v) is 11.1. The van der Waals surface area contributed by atoms with Gasteiger partial charge in [-0.25, -0.2) is 0 Å². The predicted molar refractivity (Wildman–Crippen MR) is 76.4 cm³/mol. The zero-order chi connectivity index (χ0) is 13.8. The number of phenolic OH excluding ortho intramolecular Hbond substituents is 1. The van der Waals surface area contributed by atoms with E-state index in [0.717, 1.165) is 5.56 Å². The Kier molecular flexibility index (Phi) is 3.85. The van der Waals surface area contributed by atoms with Crippen molar-refractivity contribution in [3.63, 3.8) is 0 Å². The van der Waals surface area contributed by atoms with E-state index in [4.69, 9.17) is 0 Å². The van der Waals surface area contributed by atoms with Gasteiger partial charge in [-0.1, -0.05) is 24.3 Å². The SMILES string of the molecule is Cc1ccc(CC(=O)Nc2cccc(O)c2)cc1C. The van der Waals surface area contributed by atoms with Crippen LogP contribution in [0.1, 0.15) is 16.7 Å². The number of benzene rings is 2. The Morgan fingerprint density at radius 2 is 1.89 bits per heavy atom. The highest BCUT2D eigenvalue weighted by molar-refractivity contribution is 5.92. The third-order valence-electron chi connectivity index (χ3n) is 3.07. The van der Waals surface area contributed by atoms with E-state index < -0.39 is 0 Å². The van der Waals surface area contributed by atoms with Crippen molar-refractivity contribution in [2.24, 2.45) is 0 Å². The van der Waals surface area contributed by atoms with Gasteiger partial charge in [0, 0.05) is 11.8 Å². The van der Waals surface area contributed by atoms with E-state index in [9.17, 15) is 9.90 Å². The lowest BCUT2D eigenvalue weighted by Gasteiger charge is -2.07. The number of carbonyl (C=O) groups is 1. The molecule has 3 heteroatoms. The Balaban J connectivity index is 2.03. The molecule has 0 spiro atoms. The van der Waals surface area contributed by atoms with Gasteiger partial charge in [0.15, 0.2) is 0 Å². The fraction of sp³-hybridized carbons (Fsp3) is 0.188. The molecule has 2 aromatic rings. The average molecular weight is 255 g/mol. The summed E-state index contributed by atoms with van der Waals surface area (Å²) >= 11 is 0. The lowest BCUT2D eigenvalue weighted by atomic mass is 10.0. The highest BCUT2D eigenvalue weighted by Crippen LogP contribution is 2.16. The second-order valence-electron chi connectivity index (χ2n) is 4.69. The number of rotatable bonds is 3. The Morgan fingerprint density at radius 3 is 2.58 bits per heavy atom. The molecule has 0 saturated carbocycles. The lowest BCUT2D eigenvalue weighted by Crippen LogP contribution is -2.14. The molecule has 0 unspecified atom stereocenters. The number of nitrogens with one attached hydrogen (secondary N) is 1. The summed E-state index contributed by atoms with van der Waals surface area (Å²) in [5.74, 6) is 0.0535. The minimum Gasteiger partial charge on any atom is -0.508 e. The monoisotopic (exact) mass is 255 g/mol. The first-order valence-electron chi connectivity index (χ1n) is 6.19. The van der Waals surface area contributed by atoms with Crippen LogP contribution in [0.3, 0.4) is 0 Å². The van der Waals surface area contributed by atoms with Crippen LogP contribution in [-0.4, -0.2) is 11.0 Å². The smallest absolute Gasteiger partial charge is 0.228 e. The number of aromatic hydroxyl groups is 1. The molecule has 0 fully saturated rings. The van der Waals surface area contributed by atoms with Crippen molar-refractivity contribution in [3.8, 4) is 5.75 Å². The van der Waals surface area contributed by atoms with Crippen molar-refractivity contribution >= 4 is 11.6 Å². The van der Waals surface area contributed by atoms with E-state index in [1.807, 2.05) is 32.0 Å². The van der Waals surface area contributed by atoms with E-state index in [-0.39, 0.29) is 11.7 Å². The van der Waals surface area contributed by atoms with Crippen molar-refractivity contribution in [1.29, 1.82) is 0 Å². The van der Waals surface area contributed by atoms with E-state index in [1.165, 1.54) is 17.2 Å². The van der Waals surface area contributed by atoms with Crippen molar-refractivity contribution in [1.82, 2.24) is 0 Å². The standard InChI is InChI=1S/C16H17NO2/c1-11-6-7-13(8-12(11)2)9-16(19)17-14-4-3-5-15(18)10-14/h3-8,10,18H,9H2,1-2H3,(H,17,19). The van der Waals surface area contributed by atoms with E-state index >= 15 is 0 Å². The molecule has 0 aromatic heterocycles. The summed E-state index contributed by atoms with van der Waals surface area (Å²) in [6.07, 6.45) is 0.330. The molecule has 98 valence electrons. The van der Waals surface area contributed by atoms with Gasteiger partial charge in [-0.05, 0) is 42.7 Å². The molecule has 0 bridgehead atoms. The summed E-state index contributed by atoms with van der Waals surface area (Å²) in [7, 11) is 0. The number of phenols is 1. The molecule has 0 aliphatic carbocycles. The summed E-state index contributed by atoms with van der Waals surface area (Å²) in [5, 5.41) is 12.1. The number of carbonyl (C=O) groups excluding carboxylic acids is 1. The average Bonchev–Trinajstić information content (AvgIpc) is 2.34. The Bertz CT molecular complexity index is 605. The van der Waals surface area contributed by atoms with Gasteiger partial charge in [0.2, 0.25) is 5.91 Å². The topological polar surface area (TPSA) is 49.3 Å². The maximum absolute atomic E-state index is 11.9. The van der Waals surface area contributed by atoms with Crippen LogP contribution in [0, 0.1) is 13.8 Å². The second-order valence-corrected chi connectivity index (χ2v) is 4.69. The van der Waals surface area contributed by atoms with Gasteiger partial charge >= 0.3 is 0 Å². The third kappa shape index (κ3) is 3.58. The molecular weight excluding hydrogens is 238 g/mol. The largest absolute Gasteiger partial charge is 0.508 e. The molecule has 1 amide bonds. The van der Waals surface area contributed by atoms with Crippen LogP contribution >= 0.6 is 0 Å². The number of hydrogen-bond acceptors (Lipinski definition) is 2. The predicted octanol–water partition coefficient (Wildman–Crippen LogP) is 3.19.